The average molecular weight is 441 g/mol. The van der Waals surface area contributed by atoms with Gasteiger partial charge in [0, 0.05) is 12.6 Å². The van der Waals surface area contributed by atoms with Crippen LogP contribution in [-0.4, -0.2) is 51.0 Å². The molecule has 0 aromatic carbocycles. The van der Waals surface area contributed by atoms with Crippen LogP contribution in [0.5, 0.6) is 0 Å². The predicted octanol–water partition coefficient (Wildman–Crippen LogP) is 2.56. The van der Waals surface area contributed by atoms with E-state index in [4.69, 9.17) is 0 Å². The van der Waals surface area contributed by atoms with Crippen molar-refractivity contribution in [3.63, 3.8) is 0 Å². The Balaban J connectivity index is 2.33. The molecule has 1 aliphatic carbocycles. The van der Waals surface area contributed by atoms with Gasteiger partial charge in [0.2, 0.25) is 0 Å². The Labute approximate surface area is 153 Å². The Morgan fingerprint density at radius 2 is 1.52 bits per heavy atom. The van der Waals surface area contributed by atoms with Gasteiger partial charge in [-0.3, -0.25) is 4.79 Å². The summed E-state index contributed by atoms with van der Waals surface area (Å²) in [6.07, 6.45) is 1.20. The van der Waals surface area contributed by atoms with Gasteiger partial charge in [0.05, 0.1) is 0 Å². The summed E-state index contributed by atoms with van der Waals surface area (Å²) in [5.41, 5.74) is -7.07. The van der Waals surface area contributed by atoms with E-state index in [9.17, 15) is 43.6 Å². The van der Waals surface area contributed by atoms with Gasteiger partial charge in [0.15, 0.2) is 20.0 Å². The number of hydrogen-bond acceptors (Lipinski definition) is 5. The predicted molar refractivity (Wildman–Crippen MR) is 83.4 cm³/mol. The lowest BCUT2D eigenvalue weighted by Gasteiger charge is -2.39. The zero-order valence-electron chi connectivity index (χ0n) is 14.5. The number of halogens is 5. The fraction of sp³-hybridized carbons (Fsp3) is 0.923. The summed E-state index contributed by atoms with van der Waals surface area (Å²) < 4.78 is 111. The topological polar surface area (TPSA) is 103 Å². The second-order valence-electron chi connectivity index (χ2n) is 8.13. The highest BCUT2D eigenvalue weighted by Gasteiger charge is 2.59. The Hall–Kier alpha value is -1.02. The third kappa shape index (κ3) is 3.92. The van der Waals surface area contributed by atoms with Crippen molar-refractivity contribution in [3.05, 3.63) is 4.13 Å². The number of carbonyl (C=O) groups is 1. The third-order valence-corrected chi connectivity index (χ3v) is 7.71. The van der Waals surface area contributed by atoms with Gasteiger partial charge in [-0.1, -0.05) is 20.8 Å². The van der Waals surface area contributed by atoms with E-state index in [0.717, 1.165) is 0 Å². The molecule has 1 heterocycles. The number of sulfonamides is 2. The number of alkyl halides is 5. The van der Waals surface area contributed by atoms with Crippen molar-refractivity contribution < 1.29 is 43.6 Å². The highest BCUT2D eigenvalue weighted by atomic mass is 32.3. The fourth-order valence-electron chi connectivity index (χ4n) is 4.19. The minimum atomic E-state index is -6.76. The lowest BCUT2D eigenvalue weighted by atomic mass is 9.65. The van der Waals surface area contributed by atoms with Crippen LogP contribution in [0.2, 0.25) is 0 Å². The number of rotatable bonds is 4. The number of likely N-dealkylation sites (tertiary alicyclic amines) is 1. The number of amides is 1. The summed E-state index contributed by atoms with van der Waals surface area (Å²) in [5.74, 6) is -2.27. The van der Waals surface area contributed by atoms with Crippen LogP contribution in [0, 0.1) is 10.8 Å². The van der Waals surface area contributed by atoms with Crippen LogP contribution >= 0.6 is 0 Å². The van der Waals surface area contributed by atoms with Gasteiger partial charge in [-0.15, -0.1) is 0 Å². The molecule has 1 saturated carbocycles. The molecule has 1 saturated heterocycles. The molecule has 1 amide bonds. The first-order chi connectivity index (χ1) is 11.7. The van der Waals surface area contributed by atoms with E-state index in [2.05, 4.69) is 0 Å². The van der Waals surface area contributed by atoms with Crippen LogP contribution in [-0.2, 0) is 24.8 Å². The van der Waals surface area contributed by atoms with Crippen LogP contribution in [0.15, 0.2) is 0 Å². The first-order valence-electron chi connectivity index (χ1n) is 7.72. The second kappa shape index (κ2) is 5.99. The molecule has 0 aromatic rings. The summed E-state index contributed by atoms with van der Waals surface area (Å²) in [6, 6.07) is -0.730. The maximum Gasteiger partial charge on any atom is 0.480 e. The second-order valence-corrected chi connectivity index (χ2v) is 11.6. The minimum absolute atomic E-state index is 0.211. The molecule has 27 heavy (non-hydrogen) atoms. The molecular weight excluding hydrogens is 423 g/mol. The molecule has 0 aromatic heterocycles. The van der Waals surface area contributed by atoms with Crippen molar-refractivity contribution in [2.45, 2.75) is 56.8 Å². The van der Waals surface area contributed by atoms with Crippen molar-refractivity contribution in [2.24, 2.45) is 10.8 Å². The largest absolute Gasteiger partial charge is 0.480 e. The maximum atomic E-state index is 14.2. The number of hydrogen-bond donors (Lipinski definition) is 0. The lowest BCUT2D eigenvalue weighted by molar-refractivity contribution is -0.148. The van der Waals surface area contributed by atoms with Gasteiger partial charge in [0.1, 0.15) is 0 Å². The van der Waals surface area contributed by atoms with Crippen molar-refractivity contribution in [3.8, 4) is 0 Å². The molecule has 0 spiro atoms. The van der Waals surface area contributed by atoms with Gasteiger partial charge in [-0.2, -0.15) is 22.0 Å². The van der Waals surface area contributed by atoms with Crippen LogP contribution in [0.1, 0.15) is 40.0 Å². The van der Waals surface area contributed by atoms with E-state index in [-0.39, 0.29) is 12.0 Å². The smallest absolute Gasteiger partial charge is 0.423 e. The van der Waals surface area contributed by atoms with E-state index >= 15 is 0 Å². The SMILES string of the molecule is CC1(C)CC2CC(C)(CN2C(=O)C(F)(F)S(=O)(=O)[N-]S(=O)(=O)C(F)(F)F)C1. The van der Waals surface area contributed by atoms with E-state index in [0.29, 0.717) is 24.2 Å². The molecule has 0 radical (unpaired) electrons. The number of nitrogens with zero attached hydrogens (tertiary/aromatic N) is 2. The normalized spacial score (nSPS) is 29.0. The Kier molecular flexibility index (Phi) is 4.94. The Morgan fingerprint density at radius 1 is 1.00 bits per heavy atom. The van der Waals surface area contributed by atoms with E-state index in [1.807, 2.05) is 13.8 Å². The van der Waals surface area contributed by atoms with Crippen molar-refractivity contribution in [1.29, 1.82) is 0 Å². The van der Waals surface area contributed by atoms with E-state index in [1.54, 1.807) is 6.92 Å². The quantitative estimate of drug-likeness (QED) is 0.624. The molecule has 2 unspecified atom stereocenters. The molecule has 2 fully saturated rings. The molecule has 2 atom stereocenters. The third-order valence-electron chi connectivity index (χ3n) is 4.74. The minimum Gasteiger partial charge on any atom is -0.423 e. The molecule has 7 nitrogen and oxygen atoms in total. The van der Waals surface area contributed by atoms with Crippen molar-refractivity contribution in [1.82, 2.24) is 4.90 Å². The number of carbonyl (C=O) groups excluding carboxylic acids is 1. The average Bonchev–Trinajstić information content (AvgIpc) is 2.64. The molecule has 2 rings (SSSR count). The summed E-state index contributed by atoms with van der Waals surface area (Å²) in [5, 5.41) is -5.44. The van der Waals surface area contributed by atoms with E-state index < -0.39 is 48.2 Å². The van der Waals surface area contributed by atoms with Crippen LogP contribution in [0.3, 0.4) is 0 Å². The fourth-order valence-corrected chi connectivity index (χ4v) is 6.28. The van der Waals surface area contributed by atoms with Gasteiger partial charge in [0.25, 0.3) is 0 Å². The summed E-state index contributed by atoms with van der Waals surface area (Å²) >= 11 is 0. The molecule has 2 aliphatic rings. The maximum absolute atomic E-state index is 14.2. The summed E-state index contributed by atoms with van der Waals surface area (Å²) in [6.45, 7) is 5.23. The summed E-state index contributed by atoms with van der Waals surface area (Å²) in [4.78, 5) is 12.8. The first kappa shape index (κ1) is 22.3. The molecule has 2 bridgehead atoms. The zero-order valence-corrected chi connectivity index (χ0v) is 16.2. The van der Waals surface area contributed by atoms with Crippen molar-refractivity contribution >= 4 is 26.0 Å². The molecule has 158 valence electrons. The standard InChI is InChI=1S/C13H18F5N2O5S2/c1-10(2)4-8-5-11(3,6-10)7-20(8)9(21)12(14,15)26(22,23)19-27(24,25)13(16,17)18/h8H,4-7H2,1-3H3/q-1. The van der Waals surface area contributed by atoms with Gasteiger partial charge in [-0.25, -0.2) is 16.8 Å². The van der Waals surface area contributed by atoms with Gasteiger partial charge < -0.3 is 9.03 Å². The highest BCUT2D eigenvalue weighted by molar-refractivity contribution is 8.13. The van der Waals surface area contributed by atoms with E-state index in [1.165, 1.54) is 4.13 Å². The summed E-state index contributed by atoms with van der Waals surface area (Å²) in [7, 11) is -13.4. The highest BCUT2D eigenvalue weighted by Crippen LogP contribution is 2.53. The molecule has 0 N–H and O–H groups in total. The van der Waals surface area contributed by atoms with Crippen molar-refractivity contribution in [2.75, 3.05) is 6.54 Å². The monoisotopic (exact) mass is 441 g/mol. The Morgan fingerprint density at radius 3 is 2.00 bits per heavy atom. The molecule has 1 aliphatic heterocycles. The van der Waals surface area contributed by atoms with Crippen LogP contribution in [0.25, 0.3) is 4.13 Å². The van der Waals surface area contributed by atoms with Gasteiger partial charge >= 0.3 is 16.7 Å². The molecular formula is C13H18F5N2O5S2-. The van der Waals surface area contributed by atoms with Crippen LogP contribution in [0.4, 0.5) is 22.0 Å². The van der Waals surface area contributed by atoms with Gasteiger partial charge in [-0.05, 0) is 30.1 Å². The lowest BCUT2D eigenvalue weighted by Crippen LogP contribution is -2.50. The number of fused-ring (bicyclic) bond motifs is 2. The first-order valence-corrected chi connectivity index (χ1v) is 10.6. The van der Waals surface area contributed by atoms with Crippen LogP contribution < -0.4 is 0 Å². The molecule has 14 heteroatoms. The zero-order chi connectivity index (χ0) is 21.3. The Bertz CT molecular complexity index is 853.